The van der Waals surface area contributed by atoms with E-state index in [9.17, 15) is 72.9 Å². The first-order chi connectivity index (χ1) is 39.1. The normalized spacial score (nSPS) is 15.9. The fraction of sp³-hybridized carbons (Fsp3) is 0.453. The van der Waals surface area contributed by atoms with Crippen LogP contribution in [0.4, 0.5) is 0 Å². The molecule has 442 valence electrons. The van der Waals surface area contributed by atoms with E-state index >= 15 is 0 Å². The number of hydrogen-bond donors (Lipinski definition) is 15. The van der Waals surface area contributed by atoms with Gasteiger partial charge in [-0.2, -0.15) is 0 Å². The summed E-state index contributed by atoms with van der Waals surface area (Å²) >= 11 is 0. The number of likely N-dealkylation sites (tertiary alicyclic amines) is 1. The summed E-state index contributed by atoms with van der Waals surface area (Å²) in [7, 11) is 0. The molecule has 0 bridgehead atoms. The molecule has 10 amide bonds. The summed E-state index contributed by atoms with van der Waals surface area (Å²) in [6.45, 7) is 1.02. The zero-order chi connectivity index (χ0) is 60.0. The lowest BCUT2D eigenvalue weighted by Crippen LogP contribution is -2.61. The number of nitrogens with zero attached hydrogens (tertiary/aromatic N) is 2. The maximum absolute atomic E-state index is 14.4. The van der Waals surface area contributed by atoms with Crippen molar-refractivity contribution < 1.29 is 72.9 Å². The molecule has 2 aromatic carbocycles. The number of aliphatic hydroxyl groups excluding tert-OH is 1. The first kappa shape index (κ1) is 63.6. The third-order valence-electron chi connectivity index (χ3n) is 13.6. The standard InChI is InChI=1S/C53H70N14O15/c1-3-28(2)45(66-47(75)34(15-16-41(55)69)62-48(76)36(60-42(70)22-54)19-30-23-57-33-13-8-7-12-32(30)33)51(79)64-38(21-44(72)73)52(80)67-17-9-14-40(67)50(78)63-35(18-29-10-5-4-6-11-29)46(74)58-25-43(71)61-37(20-31-24-56-27-59-31)49(77)65-39(26-68)53(81)82/h4-8,10-13,23-24,27-28,34-40,45,57,68H,3,9,14-22,25-26,54H2,1-2H3,(H2,55,69)(H,56,59)(H,58,74)(H,60,70)(H,61,71)(H,62,76)(H,63,78)(H,64,79)(H,65,77)(H,66,75)(H,72,73)(H,81,82)/t28-,34-,35-,36-,37-,38-,39-,40-,45-/m0/s1. The molecule has 3 heterocycles. The predicted molar refractivity (Wildman–Crippen MR) is 290 cm³/mol. The number of carbonyl (C=O) groups is 12. The van der Waals surface area contributed by atoms with Crippen molar-refractivity contribution in [2.75, 3.05) is 26.2 Å². The highest BCUT2D eigenvalue weighted by atomic mass is 16.4. The number of aromatic amines is 2. The molecule has 0 saturated carbocycles. The molecule has 1 aliphatic heterocycles. The van der Waals surface area contributed by atoms with E-state index in [2.05, 4.69) is 57.5 Å². The Hall–Kier alpha value is -9.25. The van der Waals surface area contributed by atoms with E-state index in [0.29, 0.717) is 16.8 Å². The summed E-state index contributed by atoms with van der Waals surface area (Å²) in [4.78, 5) is 170. The van der Waals surface area contributed by atoms with Crippen LogP contribution in [-0.2, 0) is 76.8 Å². The molecule has 17 N–H and O–H groups in total. The van der Waals surface area contributed by atoms with Gasteiger partial charge in [-0.05, 0) is 42.4 Å². The maximum Gasteiger partial charge on any atom is 0.328 e. The lowest BCUT2D eigenvalue weighted by molar-refractivity contribution is -0.146. The van der Waals surface area contributed by atoms with Gasteiger partial charge in [0.1, 0.15) is 48.3 Å². The van der Waals surface area contributed by atoms with Crippen molar-refractivity contribution in [2.45, 2.75) is 120 Å². The largest absolute Gasteiger partial charge is 0.481 e. The molecule has 5 rings (SSSR count). The number of fused-ring (bicyclic) bond motifs is 1. The first-order valence-corrected chi connectivity index (χ1v) is 26.4. The van der Waals surface area contributed by atoms with Gasteiger partial charge in [0.05, 0.1) is 32.4 Å². The van der Waals surface area contributed by atoms with Crippen LogP contribution in [0.3, 0.4) is 0 Å². The molecule has 4 aromatic rings. The number of aliphatic hydroxyl groups is 1. The Morgan fingerprint density at radius 3 is 1.99 bits per heavy atom. The molecular formula is C53H70N14O15. The smallest absolute Gasteiger partial charge is 0.328 e. The molecule has 0 aliphatic carbocycles. The highest BCUT2D eigenvalue weighted by Gasteiger charge is 2.41. The van der Waals surface area contributed by atoms with E-state index in [1.54, 1.807) is 68.6 Å². The van der Waals surface area contributed by atoms with Crippen molar-refractivity contribution in [2.24, 2.45) is 17.4 Å². The fourth-order valence-electron chi connectivity index (χ4n) is 9.05. The molecule has 29 heteroatoms. The molecular weight excluding hydrogens is 1070 g/mol. The first-order valence-electron chi connectivity index (χ1n) is 26.4. The van der Waals surface area contributed by atoms with Gasteiger partial charge >= 0.3 is 11.9 Å². The second kappa shape index (κ2) is 30.9. The molecule has 1 saturated heterocycles. The zero-order valence-electron chi connectivity index (χ0n) is 45.1. The molecule has 9 atom stereocenters. The fourth-order valence-corrected chi connectivity index (χ4v) is 9.05. The summed E-state index contributed by atoms with van der Waals surface area (Å²) in [6.07, 6.45) is 2.71. The Morgan fingerprint density at radius 2 is 1.35 bits per heavy atom. The van der Waals surface area contributed by atoms with E-state index in [-0.39, 0.29) is 51.5 Å². The third-order valence-corrected chi connectivity index (χ3v) is 13.6. The summed E-state index contributed by atoms with van der Waals surface area (Å²) in [6, 6.07) is 3.69. The molecule has 0 spiro atoms. The van der Waals surface area contributed by atoms with E-state index < -0.39 is 158 Å². The number of nitrogens with two attached hydrogens (primary N) is 2. The minimum atomic E-state index is -1.82. The highest BCUT2D eigenvalue weighted by Crippen LogP contribution is 2.22. The predicted octanol–water partition coefficient (Wildman–Crippen LogP) is -3.76. The van der Waals surface area contributed by atoms with Crippen LogP contribution in [-0.4, -0.2) is 181 Å². The number of carboxylic acid groups (broad SMARTS) is 2. The van der Waals surface area contributed by atoms with Gasteiger partial charge in [0.2, 0.25) is 59.1 Å². The number of carboxylic acids is 2. The van der Waals surface area contributed by atoms with Gasteiger partial charge in [0, 0.05) is 61.2 Å². The quantitative estimate of drug-likeness (QED) is 0.0223. The van der Waals surface area contributed by atoms with Crippen LogP contribution in [0.1, 0.15) is 69.2 Å². The number of primary amides is 1. The van der Waals surface area contributed by atoms with E-state index in [1.165, 1.54) is 12.5 Å². The molecule has 0 unspecified atom stereocenters. The van der Waals surface area contributed by atoms with Crippen molar-refractivity contribution in [1.82, 2.24) is 62.4 Å². The monoisotopic (exact) mass is 1140 g/mol. The van der Waals surface area contributed by atoms with E-state index in [0.717, 1.165) is 15.8 Å². The van der Waals surface area contributed by atoms with Gasteiger partial charge in [-0.3, -0.25) is 52.7 Å². The number of aliphatic carboxylic acids is 2. The van der Waals surface area contributed by atoms with Gasteiger partial charge in [-0.15, -0.1) is 0 Å². The summed E-state index contributed by atoms with van der Waals surface area (Å²) in [5.41, 5.74) is 13.3. The number of benzene rings is 2. The Morgan fingerprint density at radius 1 is 0.720 bits per heavy atom. The number of hydrogen-bond acceptors (Lipinski definition) is 15. The minimum absolute atomic E-state index is 0.0364. The Kier molecular flexibility index (Phi) is 24.0. The summed E-state index contributed by atoms with van der Waals surface area (Å²) in [5.74, 6) is -12.7. The van der Waals surface area contributed by atoms with Crippen molar-refractivity contribution >= 4 is 81.9 Å². The Balaban J connectivity index is 1.30. The van der Waals surface area contributed by atoms with Gasteiger partial charge in [0.15, 0.2) is 0 Å². The van der Waals surface area contributed by atoms with Crippen molar-refractivity contribution in [1.29, 1.82) is 0 Å². The van der Waals surface area contributed by atoms with Gasteiger partial charge in [-0.25, -0.2) is 9.78 Å². The number of aromatic nitrogens is 3. The average Bonchev–Trinajstić information content (AvgIpc) is 4.45. The number of amides is 10. The molecule has 2 aromatic heterocycles. The van der Waals surface area contributed by atoms with Gasteiger partial charge < -0.3 is 84.2 Å². The van der Waals surface area contributed by atoms with Crippen LogP contribution in [0.15, 0.2) is 73.3 Å². The number of H-pyrrole nitrogens is 2. The number of carbonyl (C=O) groups excluding carboxylic acids is 10. The third kappa shape index (κ3) is 18.7. The van der Waals surface area contributed by atoms with Gasteiger partial charge in [-0.1, -0.05) is 68.8 Å². The van der Waals surface area contributed by atoms with Gasteiger partial charge in [0.25, 0.3) is 0 Å². The number of imidazole rings is 1. The molecule has 29 nitrogen and oxygen atoms in total. The SMILES string of the molecule is CC[C@H](C)[C@H](NC(=O)[C@H](CCC(N)=O)NC(=O)[C@H](Cc1c[nH]c2ccccc12)NC(=O)CN)C(=O)N[C@@H](CC(=O)O)C(=O)N1CCC[C@H]1C(=O)N[C@@H](Cc1ccccc1)C(=O)NCC(=O)N[C@@H](Cc1cnc[nH]1)C(=O)N[C@@H](CO)C(=O)O. The Labute approximate surface area is 469 Å². The van der Waals surface area contributed by atoms with Crippen molar-refractivity contribution in [3.05, 3.63) is 90.1 Å². The number of nitrogens with one attached hydrogen (secondary N) is 10. The van der Waals surface area contributed by atoms with Crippen LogP contribution < -0.4 is 54.0 Å². The zero-order valence-corrected chi connectivity index (χ0v) is 45.1. The van der Waals surface area contributed by atoms with Crippen LogP contribution in [0, 0.1) is 5.92 Å². The van der Waals surface area contributed by atoms with Crippen LogP contribution in [0.2, 0.25) is 0 Å². The second-order valence-corrected chi connectivity index (χ2v) is 19.6. The molecule has 1 aliphatic rings. The van der Waals surface area contributed by atoms with Crippen molar-refractivity contribution in [3.8, 4) is 0 Å². The number of para-hydroxylation sites is 1. The molecule has 1 fully saturated rings. The number of rotatable bonds is 32. The highest BCUT2D eigenvalue weighted by molar-refractivity contribution is 5.99. The average molecular weight is 1140 g/mol. The summed E-state index contributed by atoms with van der Waals surface area (Å²) < 4.78 is 0. The molecule has 0 radical (unpaired) electrons. The lowest BCUT2D eigenvalue weighted by Gasteiger charge is -2.31. The van der Waals surface area contributed by atoms with E-state index in [1.807, 2.05) is 6.07 Å². The Bertz CT molecular complexity index is 2920. The lowest BCUT2D eigenvalue weighted by atomic mass is 9.96. The van der Waals surface area contributed by atoms with Crippen LogP contribution >= 0.6 is 0 Å². The maximum atomic E-state index is 14.4. The van der Waals surface area contributed by atoms with Crippen LogP contribution in [0.25, 0.3) is 10.9 Å². The van der Waals surface area contributed by atoms with E-state index in [4.69, 9.17) is 11.5 Å². The topological polar surface area (TPSA) is 462 Å². The minimum Gasteiger partial charge on any atom is -0.481 e. The van der Waals surface area contributed by atoms with Crippen LogP contribution in [0.5, 0.6) is 0 Å². The van der Waals surface area contributed by atoms with Crippen molar-refractivity contribution in [3.63, 3.8) is 0 Å². The summed E-state index contributed by atoms with van der Waals surface area (Å²) in [5, 5.41) is 49.3. The second-order valence-electron chi connectivity index (χ2n) is 19.6. The molecule has 82 heavy (non-hydrogen) atoms.